The number of benzene rings is 1. The highest BCUT2D eigenvalue weighted by Crippen LogP contribution is 2.19. The third kappa shape index (κ3) is 3.55. The number of nitrogens with zero attached hydrogens (tertiary/aromatic N) is 2. The molecule has 0 aliphatic rings. The summed E-state index contributed by atoms with van der Waals surface area (Å²) in [5.74, 6) is -0.736. The number of aromatic nitrogens is 2. The number of halogens is 3. The van der Waals surface area contributed by atoms with Crippen molar-refractivity contribution < 1.29 is 8.78 Å². The summed E-state index contributed by atoms with van der Waals surface area (Å²) in [6.45, 7) is 0.245. The molecule has 0 spiro atoms. The van der Waals surface area contributed by atoms with Crippen LogP contribution in [-0.4, -0.2) is 16.5 Å². The zero-order valence-electron chi connectivity index (χ0n) is 11.9. The van der Waals surface area contributed by atoms with Gasteiger partial charge in [0.05, 0.1) is 5.02 Å². The van der Waals surface area contributed by atoms with Crippen molar-refractivity contribution in [3.8, 4) is 0 Å². The monoisotopic (exact) mass is 334 g/mol. The summed E-state index contributed by atoms with van der Waals surface area (Å²) in [4.78, 5) is 8.46. The SMILES string of the molecule is NC(CNc1ccc2cc(Cl)cnc2n1)c1ccc(F)cc1F. The van der Waals surface area contributed by atoms with Gasteiger partial charge in [0, 0.05) is 35.8 Å². The summed E-state index contributed by atoms with van der Waals surface area (Å²) in [6, 6.07) is 8.06. The first kappa shape index (κ1) is 15.6. The molecule has 23 heavy (non-hydrogen) atoms. The van der Waals surface area contributed by atoms with Crippen molar-refractivity contribution >= 4 is 28.5 Å². The predicted molar refractivity (Wildman–Crippen MR) is 86.3 cm³/mol. The van der Waals surface area contributed by atoms with Crippen molar-refractivity contribution in [1.82, 2.24) is 9.97 Å². The van der Waals surface area contributed by atoms with Gasteiger partial charge in [0.1, 0.15) is 17.5 Å². The second-order valence-electron chi connectivity index (χ2n) is 5.05. The van der Waals surface area contributed by atoms with Crippen molar-refractivity contribution in [2.24, 2.45) is 5.73 Å². The average molecular weight is 335 g/mol. The largest absolute Gasteiger partial charge is 0.368 e. The van der Waals surface area contributed by atoms with Gasteiger partial charge in [0.2, 0.25) is 0 Å². The van der Waals surface area contributed by atoms with Crippen LogP contribution in [-0.2, 0) is 0 Å². The molecule has 7 heteroatoms. The number of hydrogen-bond acceptors (Lipinski definition) is 4. The van der Waals surface area contributed by atoms with E-state index in [9.17, 15) is 8.78 Å². The molecule has 0 radical (unpaired) electrons. The number of hydrogen-bond donors (Lipinski definition) is 2. The smallest absolute Gasteiger partial charge is 0.161 e. The molecule has 0 aliphatic carbocycles. The zero-order chi connectivity index (χ0) is 16.4. The molecule has 0 amide bonds. The number of fused-ring (bicyclic) bond motifs is 1. The lowest BCUT2D eigenvalue weighted by Gasteiger charge is -2.14. The quantitative estimate of drug-likeness (QED) is 0.764. The van der Waals surface area contributed by atoms with Crippen LogP contribution in [0.15, 0.2) is 42.6 Å². The average Bonchev–Trinajstić information content (AvgIpc) is 2.52. The number of rotatable bonds is 4. The Kier molecular flexibility index (Phi) is 4.36. The first-order chi connectivity index (χ1) is 11.0. The third-order valence-electron chi connectivity index (χ3n) is 3.37. The van der Waals surface area contributed by atoms with Gasteiger partial charge in [-0.05, 0) is 24.3 Å². The van der Waals surface area contributed by atoms with Gasteiger partial charge < -0.3 is 11.1 Å². The minimum absolute atomic E-state index is 0.240. The molecule has 1 aromatic carbocycles. The Morgan fingerprint density at radius 2 is 2.00 bits per heavy atom. The fraction of sp³-hybridized carbons (Fsp3) is 0.125. The van der Waals surface area contributed by atoms with Gasteiger partial charge in [-0.1, -0.05) is 17.7 Å². The molecular weight excluding hydrogens is 322 g/mol. The Morgan fingerprint density at radius 3 is 2.78 bits per heavy atom. The van der Waals surface area contributed by atoms with Crippen molar-refractivity contribution in [2.45, 2.75) is 6.04 Å². The molecule has 2 aromatic heterocycles. The second kappa shape index (κ2) is 6.44. The summed E-state index contributed by atoms with van der Waals surface area (Å²) in [5.41, 5.74) is 6.72. The summed E-state index contributed by atoms with van der Waals surface area (Å²) < 4.78 is 26.6. The van der Waals surface area contributed by atoms with Gasteiger partial charge >= 0.3 is 0 Å². The standard InChI is InChI=1S/C16H13ClF2N4/c17-10-5-9-1-4-15(23-16(9)22-7-10)21-8-14(20)12-3-2-11(18)6-13(12)19/h1-7,14H,8,20H2,(H,21,22,23). The Balaban J connectivity index is 1.73. The molecule has 118 valence electrons. The zero-order valence-corrected chi connectivity index (χ0v) is 12.7. The third-order valence-corrected chi connectivity index (χ3v) is 3.58. The fourth-order valence-corrected chi connectivity index (χ4v) is 2.38. The van der Waals surface area contributed by atoms with Crippen molar-refractivity contribution in [2.75, 3.05) is 11.9 Å². The van der Waals surface area contributed by atoms with Crippen LogP contribution >= 0.6 is 11.6 Å². The van der Waals surface area contributed by atoms with E-state index in [1.54, 1.807) is 12.1 Å². The van der Waals surface area contributed by atoms with Gasteiger partial charge in [-0.3, -0.25) is 0 Å². The molecule has 3 aromatic rings. The lowest BCUT2D eigenvalue weighted by Crippen LogP contribution is -2.22. The molecule has 0 aliphatic heterocycles. The number of nitrogens with one attached hydrogen (secondary N) is 1. The van der Waals surface area contributed by atoms with Gasteiger partial charge in [-0.15, -0.1) is 0 Å². The van der Waals surface area contributed by atoms with Crippen molar-refractivity contribution in [1.29, 1.82) is 0 Å². The molecule has 0 saturated heterocycles. The van der Waals surface area contributed by atoms with E-state index >= 15 is 0 Å². The lowest BCUT2D eigenvalue weighted by atomic mass is 10.1. The Morgan fingerprint density at radius 1 is 1.17 bits per heavy atom. The van der Waals surface area contributed by atoms with Gasteiger partial charge in [-0.2, -0.15) is 0 Å². The minimum Gasteiger partial charge on any atom is -0.368 e. The molecule has 2 heterocycles. The minimum atomic E-state index is -0.665. The normalized spacial score (nSPS) is 12.3. The summed E-state index contributed by atoms with van der Waals surface area (Å²) in [6.07, 6.45) is 1.51. The topological polar surface area (TPSA) is 63.8 Å². The summed E-state index contributed by atoms with van der Waals surface area (Å²) in [7, 11) is 0. The molecule has 4 nitrogen and oxygen atoms in total. The van der Waals surface area contributed by atoms with E-state index in [1.807, 2.05) is 6.07 Å². The maximum Gasteiger partial charge on any atom is 0.161 e. The van der Waals surface area contributed by atoms with Crippen LogP contribution < -0.4 is 11.1 Å². The highest BCUT2D eigenvalue weighted by molar-refractivity contribution is 6.31. The van der Waals surface area contributed by atoms with Gasteiger partial charge in [0.15, 0.2) is 5.65 Å². The van der Waals surface area contributed by atoms with E-state index in [0.29, 0.717) is 16.5 Å². The first-order valence-electron chi connectivity index (χ1n) is 6.89. The van der Waals surface area contributed by atoms with Crippen LogP contribution in [0, 0.1) is 11.6 Å². The van der Waals surface area contributed by atoms with Crippen molar-refractivity contribution in [3.05, 3.63) is 64.8 Å². The lowest BCUT2D eigenvalue weighted by molar-refractivity contribution is 0.559. The van der Waals surface area contributed by atoms with Crippen LogP contribution in [0.4, 0.5) is 14.6 Å². The fourth-order valence-electron chi connectivity index (χ4n) is 2.21. The molecule has 3 rings (SSSR count). The number of anilines is 1. The molecule has 0 fully saturated rings. The van der Waals surface area contributed by atoms with Crippen LogP contribution in [0.2, 0.25) is 5.02 Å². The van der Waals surface area contributed by atoms with E-state index < -0.39 is 17.7 Å². The van der Waals surface area contributed by atoms with E-state index in [-0.39, 0.29) is 12.1 Å². The molecule has 1 atom stereocenters. The van der Waals surface area contributed by atoms with Crippen LogP contribution in [0.1, 0.15) is 11.6 Å². The van der Waals surface area contributed by atoms with E-state index in [2.05, 4.69) is 15.3 Å². The van der Waals surface area contributed by atoms with Crippen LogP contribution in [0.3, 0.4) is 0 Å². The number of nitrogens with two attached hydrogens (primary N) is 1. The van der Waals surface area contributed by atoms with E-state index in [1.165, 1.54) is 18.3 Å². The Hall–Kier alpha value is -2.31. The highest BCUT2D eigenvalue weighted by atomic mass is 35.5. The molecule has 3 N–H and O–H groups in total. The Labute approximate surface area is 136 Å². The molecular formula is C16H13ClF2N4. The maximum atomic E-state index is 13.7. The second-order valence-corrected chi connectivity index (χ2v) is 5.49. The first-order valence-corrected chi connectivity index (χ1v) is 7.27. The van der Waals surface area contributed by atoms with Crippen LogP contribution in [0.25, 0.3) is 11.0 Å². The van der Waals surface area contributed by atoms with Crippen LogP contribution in [0.5, 0.6) is 0 Å². The highest BCUT2D eigenvalue weighted by Gasteiger charge is 2.12. The van der Waals surface area contributed by atoms with Crippen molar-refractivity contribution in [3.63, 3.8) is 0 Å². The molecule has 1 unspecified atom stereocenters. The van der Waals surface area contributed by atoms with Gasteiger partial charge in [0.25, 0.3) is 0 Å². The van der Waals surface area contributed by atoms with E-state index in [0.717, 1.165) is 11.5 Å². The predicted octanol–water partition coefficient (Wildman–Crippen LogP) is 3.67. The molecule has 0 saturated carbocycles. The Bertz CT molecular complexity index is 857. The summed E-state index contributed by atoms with van der Waals surface area (Å²) >= 11 is 5.87. The van der Waals surface area contributed by atoms with Gasteiger partial charge in [-0.25, -0.2) is 18.7 Å². The summed E-state index contributed by atoms with van der Waals surface area (Å²) in [5, 5.41) is 4.37. The maximum absolute atomic E-state index is 13.7. The van der Waals surface area contributed by atoms with E-state index in [4.69, 9.17) is 17.3 Å². The molecule has 0 bridgehead atoms. The number of pyridine rings is 2.